The second kappa shape index (κ2) is 6.61. The lowest BCUT2D eigenvalue weighted by molar-refractivity contribution is -0.131. The molecule has 0 aromatic heterocycles. The number of aliphatic carboxylic acids is 1. The van der Waals surface area contributed by atoms with Gasteiger partial charge in [0.1, 0.15) is 0 Å². The van der Waals surface area contributed by atoms with Gasteiger partial charge in [0.2, 0.25) is 0 Å². The van der Waals surface area contributed by atoms with Crippen molar-refractivity contribution in [2.45, 2.75) is 39.7 Å². The number of allylic oxidation sites excluding steroid dienone is 3. The van der Waals surface area contributed by atoms with Gasteiger partial charge in [-0.3, -0.25) is 0 Å². The van der Waals surface area contributed by atoms with Crippen LogP contribution in [0.25, 0.3) is 5.57 Å². The highest BCUT2D eigenvalue weighted by molar-refractivity contribution is 5.81. The molecule has 0 radical (unpaired) electrons. The first kappa shape index (κ1) is 15.4. The van der Waals surface area contributed by atoms with E-state index in [4.69, 9.17) is 5.11 Å². The van der Waals surface area contributed by atoms with Crippen LogP contribution in [0.5, 0.6) is 0 Å². The van der Waals surface area contributed by atoms with Gasteiger partial charge in [0.15, 0.2) is 0 Å². The third-order valence-corrected chi connectivity index (χ3v) is 3.90. The molecule has 1 heterocycles. The van der Waals surface area contributed by atoms with E-state index in [9.17, 15) is 4.79 Å². The van der Waals surface area contributed by atoms with Gasteiger partial charge >= 0.3 is 5.97 Å². The minimum absolute atomic E-state index is 0.519. The molecule has 21 heavy (non-hydrogen) atoms. The summed E-state index contributed by atoms with van der Waals surface area (Å²) in [7, 11) is 0. The van der Waals surface area contributed by atoms with Crippen molar-refractivity contribution < 1.29 is 9.90 Å². The fourth-order valence-corrected chi connectivity index (χ4v) is 2.78. The number of hydrogen-bond donors (Lipinski definition) is 1. The number of hydrogen-bond acceptors (Lipinski definition) is 2. The van der Waals surface area contributed by atoms with Crippen molar-refractivity contribution in [3.05, 3.63) is 47.6 Å². The molecule has 0 saturated heterocycles. The molecule has 1 N–H and O–H groups in total. The Bertz CT molecular complexity index is 585. The standard InChI is InChI=1S/C18H23NO2/c1-13(2)19-11-5-7-16-12-15(9-10-17(16)19)14(3)6-4-8-18(20)21/h4,6,8-10,12-13H,5,7,11H2,1-3H3,(H,20,21). The number of fused-ring (bicyclic) bond motifs is 1. The zero-order valence-corrected chi connectivity index (χ0v) is 13.0. The highest BCUT2D eigenvalue weighted by Crippen LogP contribution is 2.31. The molecule has 0 atom stereocenters. The maximum absolute atomic E-state index is 10.5. The summed E-state index contributed by atoms with van der Waals surface area (Å²) in [6.45, 7) is 7.59. The third-order valence-electron chi connectivity index (χ3n) is 3.90. The summed E-state index contributed by atoms with van der Waals surface area (Å²) in [6, 6.07) is 7.08. The highest BCUT2D eigenvalue weighted by Gasteiger charge is 2.19. The average Bonchev–Trinajstić information content (AvgIpc) is 2.45. The topological polar surface area (TPSA) is 40.5 Å². The minimum atomic E-state index is -0.919. The quantitative estimate of drug-likeness (QED) is 0.674. The molecule has 0 unspecified atom stereocenters. The van der Waals surface area contributed by atoms with Crippen LogP contribution >= 0.6 is 0 Å². The van der Waals surface area contributed by atoms with E-state index in [2.05, 4.69) is 36.9 Å². The fourth-order valence-electron chi connectivity index (χ4n) is 2.78. The molecule has 1 aromatic rings. The van der Waals surface area contributed by atoms with Crippen LogP contribution < -0.4 is 4.90 Å². The number of nitrogens with zero attached hydrogens (tertiary/aromatic N) is 1. The van der Waals surface area contributed by atoms with E-state index < -0.39 is 5.97 Å². The second-order valence-electron chi connectivity index (χ2n) is 5.78. The molecule has 1 aliphatic heterocycles. The van der Waals surface area contributed by atoms with E-state index in [0.717, 1.165) is 30.2 Å². The van der Waals surface area contributed by atoms with Crippen LogP contribution in [0.1, 0.15) is 38.3 Å². The van der Waals surface area contributed by atoms with E-state index >= 15 is 0 Å². The fraction of sp³-hybridized carbons (Fsp3) is 0.389. The average molecular weight is 285 g/mol. The molecule has 2 rings (SSSR count). The van der Waals surface area contributed by atoms with Crippen LogP contribution in [-0.4, -0.2) is 23.7 Å². The van der Waals surface area contributed by atoms with Crippen molar-refractivity contribution in [2.24, 2.45) is 0 Å². The lowest BCUT2D eigenvalue weighted by Gasteiger charge is -2.35. The Balaban J connectivity index is 2.27. The molecule has 1 aromatic carbocycles. The van der Waals surface area contributed by atoms with Crippen molar-refractivity contribution in [2.75, 3.05) is 11.4 Å². The van der Waals surface area contributed by atoms with E-state index in [1.807, 2.05) is 13.0 Å². The summed E-state index contributed by atoms with van der Waals surface area (Å²) in [5.74, 6) is -0.919. The van der Waals surface area contributed by atoms with E-state index in [1.165, 1.54) is 17.7 Å². The number of anilines is 1. The summed E-state index contributed by atoms with van der Waals surface area (Å²) in [6.07, 6.45) is 6.89. The predicted octanol–water partition coefficient (Wildman–Crippen LogP) is 3.89. The summed E-state index contributed by atoms with van der Waals surface area (Å²) in [4.78, 5) is 12.9. The molecule has 3 nitrogen and oxygen atoms in total. The Hall–Kier alpha value is -2.03. The Morgan fingerprint density at radius 2 is 2.14 bits per heavy atom. The molecule has 1 aliphatic rings. The summed E-state index contributed by atoms with van der Waals surface area (Å²) < 4.78 is 0. The van der Waals surface area contributed by atoms with Crippen molar-refractivity contribution in [1.82, 2.24) is 0 Å². The normalized spacial score (nSPS) is 15.6. The highest BCUT2D eigenvalue weighted by atomic mass is 16.4. The summed E-state index contributed by atoms with van der Waals surface area (Å²) in [5, 5.41) is 8.61. The van der Waals surface area contributed by atoms with Gasteiger partial charge in [-0.05, 0) is 62.4 Å². The van der Waals surface area contributed by atoms with Crippen LogP contribution in [0.4, 0.5) is 5.69 Å². The molecule has 0 spiro atoms. The van der Waals surface area contributed by atoms with Gasteiger partial charge in [-0.25, -0.2) is 4.79 Å². The lowest BCUT2D eigenvalue weighted by Crippen LogP contribution is -2.35. The summed E-state index contributed by atoms with van der Waals surface area (Å²) >= 11 is 0. The van der Waals surface area contributed by atoms with Crippen molar-refractivity contribution in [3.8, 4) is 0 Å². The largest absolute Gasteiger partial charge is 0.478 e. The number of rotatable bonds is 4. The number of carboxylic acid groups (broad SMARTS) is 1. The molecule has 0 bridgehead atoms. The van der Waals surface area contributed by atoms with Gasteiger partial charge in [-0.1, -0.05) is 18.2 Å². The monoisotopic (exact) mass is 285 g/mol. The van der Waals surface area contributed by atoms with Crippen LogP contribution in [-0.2, 0) is 11.2 Å². The number of aryl methyl sites for hydroxylation is 1. The Morgan fingerprint density at radius 1 is 1.38 bits per heavy atom. The van der Waals surface area contributed by atoms with Crippen LogP contribution in [0.3, 0.4) is 0 Å². The maximum atomic E-state index is 10.5. The first-order valence-corrected chi connectivity index (χ1v) is 7.47. The maximum Gasteiger partial charge on any atom is 0.328 e. The van der Waals surface area contributed by atoms with Gasteiger partial charge in [0, 0.05) is 24.4 Å². The van der Waals surface area contributed by atoms with E-state index in [0.29, 0.717) is 6.04 Å². The molecular formula is C18H23NO2. The Labute approximate surface area is 126 Å². The molecular weight excluding hydrogens is 262 g/mol. The molecule has 0 saturated carbocycles. The molecule has 3 heteroatoms. The number of benzene rings is 1. The van der Waals surface area contributed by atoms with Gasteiger partial charge in [-0.2, -0.15) is 0 Å². The Kier molecular flexibility index (Phi) is 4.84. The number of carbonyl (C=O) groups is 1. The molecule has 0 amide bonds. The van der Waals surface area contributed by atoms with Gasteiger partial charge in [0.05, 0.1) is 0 Å². The third kappa shape index (κ3) is 3.75. The zero-order valence-electron chi connectivity index (χ0n) is 13.0. The molecule has 0 aliphatic carbocycles. The van der Waals surface area contributed by atoms with E-state index in [-0.39, 0.29) is 0 Å². The predicted molar refractivity (Wildman–Crippen MR) is 87.7 cm³/mol. The SMILES string of the molecule is CC(=CC=CC(=O)O)c1ccc2c(c1)CCCN2C(C)C. The van der Waals surface area contributed by atoms with Gasteiger partial charge in [-0.15, -0.1) is 0 Å². The van der Waals surface area contributed by atoms with Crippen molar-refractivity contribution in [3.63, 3.8) is 0 Å². The van der Waals surface area contributed by atoms with Crippen LogP contribution in [0.2, 0.25) is 0 Å². The first-order valence-electron chi connectivity index (χ1n) is 7.47. The first-order chi connectivity index (χ1) is 9.99. The van der Waals surface area contributed by atoms with Gasteiger partial charge < -0.3 is 10.0 Å². The summed E-state index contributed by atoms with van der Waals surface area (Å²) in [5.41, 5.74) is 4.97. The van der Waals surface area contributed by atoms with Crippen LogP contribution in [0, 0.1) is 0 Å². The zero-order chi connectivity index (χ0) is 15.4. The minimum Gasteiger partial charge on any atom is -0.478 e. The second-order valence-corrected chi connectivity index (χ2v) is 5.78. The smallest absolute Gasteiger partial charge is 0.328 e. The number of carboxylic acids is 1. The Morgan fingerprint density at radius 3 is 2.81 bits per heavy atom. The molecule has 112 valence electrons. The van der Waals surface area contributed by atoms with Gasteiger partial charge in [0.25, 0.3) is 0 Å². The lowest BCUT2D eigenvalue weighted by atomic mass is 9.95. The van der Waals surface area contributed by atoms with Crippen molar-refractivity contribution in [1.29, 1.82) is 0 Å². The molecule has 0 fully saturated rings. The van der Waals surface area contributed by atoms with E-state index in [1.54, 1.807) is 6.08 Å². The van der Waals surface area contributed by atoms with Crippen molar-refractivity contribution >= 4 is 17.2 Å². The van der Waals surface area contributed by atoms with Crippen LogP contribution in [0.15, 0.2) is 36.4 Å².